The summed E-state index contributed by atoms with van der Waals surface area (Å²) < 4.78 is 9.74. The lowest BCUT2D eigenvalue weighted by atomic mass is 10.1. The Bertz CT molecular complexity index is 581. The molecule has 0 atom stereocenters. The van der Waals surface area contributed by atoms with Gasteiger partial charge in [0.25, 0.3) is 0 Å². The molecule has 21 heavy (non-hydrogen) atoms. The summed E-state index contributed by atoms with van der Waals surface area (Å²) in [5.74, 6) is 0.587. The van der Waals surface area contributed by atoms with E-state index in [1.807, 2.05) is 29.6 Å². The molecule has 0 aliphatic heterocycles. The Morgan fingerprint density at radius 2 is 2.05 bits per heavy atom. The van der Waals surface area contributed by atoms with Gasteiger partial charge in [0.05, 0.1) is 26.3 Å². The van der Waals surface area contributed by atoms with Gasteiger partial charge in [-0.1, -0.05) is 12.1 Å². The SMILES string of the molecule is COC(=O)Cc1csc(NCCc2ccc(OC)cc2)n1. The van der Waals surface area contributed by atoms with Crippen molar-refractivity contribution in [3.8, 4) is 5.75 Å². The molecule has 6 heteroatoms. The summed E-state index contributed by atoms with van der Waals surface area (Å²) in [5.41, 5.74) is 1.97. The molecule has 0 aliphatic carbocycles. The first-order chi connectivity index (χ1) is 10.2. The maximum Gasteiger partial charge on any atom is 0.311 e. The second-order valence-corrected chi connectivity index (χ2v) is 5.28. The highest BCUT2D eigenvalue weighted by Crippen LogP contribution is 2.16. The van der Waals surface area contributed by atoms with Crippen LogP contribution in [0.2, 0.25) is 0 Å². The maximum atomic E-state index is 11.2. The third-order valence-corrected chi connectivity index (χ3v) is 3.80. The van der Waals surface area contributed by atoms with Crippen LogP contribution >= 0.6 is 11.3 Å². The fourth-order valence-corrected chi connectivity index (χ4v) is 2.53. The van der Waals surface area contributed by atoms with Crippen molar-refractivity contribution in [1.29, 1.82) is 0 Å². The number of thiazole rings is 1. The minimum absolute atomic E-state index is 0.215. The van der Waals surface area contributed by atoms with Gasteiger partial charge in [-0.3, -0.25) is 4.79 Å². The number of esters is 1. The molecule has 0 aliphatic rings. The Hall–Kier alpha value is -2.08. The summed E-state index contributed by atoms with van der Waals surface area (Å²) in [4.78, 5) is 15.5. The summed E-state index contributed by atoms with van der Waals surface area (Å²) >= 11 is 1.49. The van der Waals surface area contributed by atoms with Crippen molar-refractivity contribution < 1.29 is 14.3 Å². The number of carbonyl (C=O) groups is 1. The third kappa shape index (κ3) is 4.75. The van der Waals surface area contributed by atoms with Crippen LogP contribution in [-0.2, 0) is 22.4 Å². The van der Waals surface area contributed by atoms with Crippen molar-refractivity contribution in [2.45, 2.75) is 12.8 Å². The van der Waals surface area contributed by atoms with E-state index in [4.69, 9.17) is 4.74 Å². The first kappa shape index (κ1) is 15.3. The van der Waals surface area contributed by atoms with Gasteiger partial charge in [-0.25, -0.2) is 4.98 Å². The number of methoxy groups -OCH3 is 2. The molecule has 0 amide bonds. The van der Waals surface area contributed by atoms with E-state index in [0.29, 0.717) is 0 Å². The highest BCUT2D eigenvalue weighted by atomic mass is 32.1. The van der Waals surface area contributed by atoms with E-state index >= 15 is 0 Å². The minimum atomic E-state index is -0.273. The quantitative estimate of drug-likeness (QED) is 0.797. The number of ether oxygens (including phenoxy) is 2. The van der Waals surface area contributed by atoms with Crippen LogP contribution < -0.4 is 10.1 Å². The molecule has 1 aromatic carbocycles. The third-order valence-electron chi connectivity index (χ3n) is 2.95. The van der Waals surface area contributed by atoms with E-state index in [0.717, 1.165) is 29.5 Å². The molecule has 0 radical (unpaired) electrons. The van der Waals surface area contributed by atoms with Gasteiger partial charge >= 0.3 is 5.97 Å². The summed E-state index contributed by atoms with van der Waals surface area (Å²) in [6, 6.07) is 8.00. The number of nitrogens with one attached hydrogen (secondary N) is 1. The van der Waals surface area contributed by atoms with Gasteiger partial charge in [0.2, 0.25) is 0 Å². The normalized spacial score (nSPS) is 10.2. The Balaban J connectivity index is 1.79. The summed E-state index contributed by atoms with van der Waals surface area (Å²) in [6.45, 7) is 0.789. The summed E-state index contributed by atoms with van der Waals surface area (Å²) in [7, 11) is 3.04. The topological polar surface area (TPSA) is 60.5 Å². The molecule has 2 aromatic rings. The van der Waals surface area contributed by atoms with Crippen molar-refractivity contribution in [2.24, 2.45) is 0 Å². The number of hydrogen-bond donors (Lipinski definition) is 1. The zero-order valence-electron chi connectivity index (χ0n) is 12.1. The lowest BCUT2D eigenvalue weighted by Gasteiger charge is -2.04. The smallest absolute Gasteiger partial charge is 0.311 e. The van der Waals surface area contributed by atoms with E-state index in [9.17, 15) is 4.79 Å². The van der Waals surface area contributed by atoms with E-state index in [2.05, 4.69) is 15.0 Å². The summed E-state index contributed by atoms with van der Waals surface area (Å²) in [5, 5.41) is 5.95. The second-order valence-electron chi connectivity index (χ2n) is 4.42. The largest absolute Gasteiger partial charge is 0.497 e. The molecule has 1 heterocycles. The molecular formula is C15H18N2O3S. The molecule has 112 valence electrons. The van der Waals surface area contributed by atoms with E-state index < -0.39 is 0 Å². The van der Waals surface area contributed by atoms with Crippen molar-refractivity contribution in [1.82, 2.24) is 4.98 Å². The molecule has 2 rings (SSSR count). The Morgan fingerprint density at radius 1 is 1.29 bits per heavy atom. The van der Waals surface area contributed by atoms with Crippen molar-refractivity contribution >= 4 is 22.4 Å². The van der Waals surface area contributed by atoms with Crippen LogP contribution in [0, 0.1) is 0 Å². The molecule has 0 bridgehead atoms. The van der Waals surface area contributed by atoms with Crippen molar-refractivity contribution in [3.05, 3.63) is 40.9 Å². The molecule has 1 aromatic heterocycles. The highest BCUT2D eigenvalue weighted by Gasteiger charge is 2.07. The number of hydrogen-bond acceptors (Lipinski definition) is 6. The molecule has 0 fully saturated rings. The predicted molar refractivity (Wildman–Crippen MR) is 83.0 cm³/mol. The van der Waals surface area contributed by atoms with Crippen LogP contribution in [0.15, 0.2) is 29.6 Å². The van der Waals surface area contributed by atoms with E-state index in [-0.39, 0.29) is 12.4 Å². The van der Waals surface area contributed by atoms with Crippen LogP contribution in [0.4, 0.5) is 5.13 Å². The van der Waals surface area contributed by atoms with Crippen LogP contribution in [0.25, 0.3) is 0 Å². The first-order valence-corrected chi connectivity index (χ1v) is 7.47. The summed E-state index contributed by atoms with van der Waals surface area (Å²) in [6.07, 6.45) is 1.11. The zero-order chi connectivity index (χ0) is 15.1. The van der Waals surface area contributed by atoms with Crippen LogP contribution in [0.1, 0.15) is 11.3 Å². The molecule has 0 saturated heterocycles. The Morgan fingerprint density at radius 3 is 2.71 bits per heavy atom. The standard InChI is InChI=1S/C15H18N2O3S/c1-19-13-5-3-11(4-6-13)7-8-16-15-17-12(10-21-15)9-14(18)20-2/h3-6,10H,7-9H2,1-2H3,(H,16,17). The van der Waals surface area contributed by atoms with Gasteiger partial charge in [0.15, 0.2) is 5.13 Å². The van der Waals surface area contributed by atoms with Crippen LogP contribution in [-0.4, -0.2) is 31.7 Å². The number of aromatic nitrogens is 1. The van der Waals surface area contributed by atoms with Crippen molar-refractivity contribution in [3.63, 3.8) is 0 Å². The Labute approximate surface area is 127 Å². The monoisotopic (exact) mass is 306 g/mol. The number of benzene rings is 1. The molecule has 1 N–H and O–H groups in total. The van der Waals surface area contributed by atoms with E-state index in [1.54, 1.807) is 7.11 Å². The molecule has 0 saturated carbocycles. The first-order valence-electron chi connectivity index (χ1n) is 6.59. The average Bonchev–Trinajstić information content (AvgIpc) is 2.95. The number of rotatable bonds is 7. The van der Waals surface area contributed by atoms with Gasteiger partial charge < -0.3 is 14.8 Å². The molecule has 0 unspecified atom stereocenters. The molecule has 0 spiro atoms. The number of anilines is 1. The fraction of sp³-hybridized carbons (Fsp3) is 0.333. The average molecular weight is 306 g/mol. The van der Waals surface area contributed by atoms with Gasteiger partial charge in [-0.15, -0.1) is 11.3 Å². The predicted octanol–water partition coefficient (Wildman–Crippen LogP) is 2.52. The maximum absolute atomic E-state index is 11.2. The lowest BCUT2D eigenvalue weighted by Crippen LogP contribution is -2.06. The van der Waals surface area contributed by atoms with Gasteiger partial charge in [0.1, 0.15) is 5.75 Å². The fourth-order valence-electron chi connectivity index (χ4n) is 1.80. The number of carbonyl (C=O) groups excluding carboxylic acids is 1. The second kappa shape index (κ2) is 7.64. The van der Waals surface area contributed by atoms with Gasteiger partial charge in [-0.05, 0) is 24.1 Å². The zero-order valence-corrected chi connectivity index (χ0v) is 12.9. The van der Waals surface area contributed by atoms with E-state index in [1.165, 1.54) is 24.0 Å². The highest BCUT2D eigenvalue weighted by molar-refractivity contribution is 7.13. The Kier molecular flexibility index (Phi) is 5.57. The molecule has 5 nitrogen and oxygen atoms in total. The molecular weight excluding hydrogens is 288 g/mol. The lowest BCUT2D eigenvalue weighted by molar-refractivity contribution is -0.139. The van der Waals surface area contributed by atoms with Crippen molar-refractivity contribution in [2.75, 3.05) is 26.1 Å². The van der Waals surface area contributed by atoms with Crippen LogP contribution in [0.3, 0.4) is 0 Å². The minimum Gasteiger partial charge on any atom is -0.497 e. The van der Waals surface area contributed by atoms with Gasteiger partial charge in [0, 0.05) is 11.9 Å². The van der Waals surface area contributed by atoms with Gasteiger partial charge in [-0.2, -0.15) is 0 Å². The number of nitrogens with zero attached hydrogens (tertiary/aromatic N) is 1. The van der Waals surface area contributed by atoms with Crippen LogP contribution in [0.5, 0.6) is 5.75 Å².